The van der Waals surface area contributed by atoms with Crippen molar-refractivity contribution in [3.05, 3.63) is 0 Å². The van der Waals surface area contributed by atoms with Crippen molar-refractivity contribution in [1.82, 2.24) is 4.90 Å². The Labute approximate surface area is 93.4 Å². The van der Waals surface area contributed by atoms with E-state index in [0.29, 0.717) is 12.1 Å². The van der Waals surface area contributed by atoms with Gasteiger partial charge in [0.25, 0.3) is 0 Å². The summed E-state index contributed by atoms with van der Waals surface area (Å²) in [6.07, 6.45) is 1.62. The highest BCUT2D eigenvalue weighted by molar-refractivity contribution is 7.80. The van der Waals surface area contributed by atoms with Gasteiger partial charge in [-0.25, -0.2) is 0 Å². The third-order valence-corrected chi connectivity index (χ3v) is 3.58. The predicted octanol–water partition coefficient (Wildman–Crippen LogP) is 2.05. The minimum atomic E-state index is 0.392. The lowest BCUT2D eigenvalue weighted by molar-refractivity contribution is -0.0533. The molecule has 3 unspecified atom stereocenters. The molecule has 84 valence electrons. The number of hydrogen-bond acceptors (Lipinski definition) is 3. The monoisotopic (exact) mass is 217 g/mol. The highest BCUT2D eigenvalue weighted by Crippen LogP contribution is 2.15. The fraction of sp³-hybridized carbons (Fsp3) is 1.00. The van der Waals surface area contributed by atoms with Crippen molar-refractivity contribution in [3.8, 4) is 0 Å². The number of ether oxygens (including phenoxy) is 1. The molecular formula is C11H23NOS. The van der Waals surface area contributed by atoms with Gasteiger partial charge < -0.3 is 4.74 Å². The highest BCUT2D eigenvalue weighted by atomic mass is 32.1. The molecule has 2 nitrogen and oxygen atoms in total. The van der Waals surface area contributed by atoms with Gasteiger partial charge in [0.05, 0.1) is 12.7 Å². The number of rotatable bonds is 4. The molecule has 0 aromatic carbocycles. The van der Waals surface area contributed by atoms with E-state index in [-0.39, 0.29) is 0 Å². The lowest BCUT2D eigenvalue weighted by Crippen LogP contribution is -2.49. The molecule has 1 aliphatic heterocycles. The van der Waals surface area contributed by atoms with E-state index >= 15 is 0 Å². The molecule has 0 aliphatic carbocycles. The van der Waals surface area contributed by atoms with Gasteiger partial charge in [-0.15, -0.1) is 0 Å². The fourth-order valence-electron chi connectivity index (χ4n) is 1.87. The van der Waals surface area contributed by atoms with Crippen LogP contribution in [0.5, 0.6) is 0 Å². The molecule has 0 radical (unpaired) electrons. The van der Waals surface area contributed by atoms with E-state index in [4.69, 9.17) is 4.74 Å². The fourth-order valence-corrected chi connectivity index (χ4v) is 2.25. The summed E-state index contributed by atoms with van der Waals surface area (Å²) >= 11 is 4.39. The maximum atomic E-state index is 5.61. The summed E-state index contributed by atoms with van der Waals surface area (Å²) in [4.78, 5) is 2.54. The molecule has 3 heteroatoms. The Kier molecular flexibility index (Phi) is 5.28. The van der Waals surface area contributed by atoms with Crippen molar-refractivity contribution >= 4 is 12.6 Å². The third kappa shape index (κ3) is 3.44. The summed E-state index contributed by atoms with van der Waals surface area (Å²) in [5.41, 5.74) is 0. The third-order valence-electron chi connectivity index (χ3n) is 3.07. The first-order valence-corrected chi connectivity index (χ1v) is 6.27. The summed E-state index contributed by atoms with van der Waals surface area (Å²) in [7, 11) is 0. The van der Waals surface area contributed by atoms with Crippen molar-refractivity contribution in [3.63, 3.8) is 0 Å². The van der Waals surface area contributed by atoms with Crippen molar-refractivity contribution in [2.45, 2.75) is 39.3 Å². The quantitative estimate of drug-likeness (QED) is 0.724. The molecular weight excluding hydrogens is 194 g/mol. The first-order valence-electron chi connectivity index (χ1n) is 5.63. The topological polar surface area (TPSA) is 12.5 Å². The van der Waals surface area contributed by atoms with Crippen LogP contribution in [0.4, 0.5) is 0 Å². The van der Waals surface area contributed by atoms with E-state index in [1.54, 1.807) is 0 Å². The Morgan fingerprint density at radius 2 is 2.21 bits per heavy atom. The molecule has 0 N–H and O–H groups in total. The van der Waals surface area contributed by atoms with Gasteiger partial charge >= 0.3 is 0 Å². The number of hydrogen-bond donors (Lipinski definition) is 1. The second-order valence-electron chi connectivity index (χ2n) is 4.40. The first kappa shape index (κ1) is 12.3. The van der Waals surface area contributed by atoms with Gasteiger partial charge in [-0.3, -0.25) is 4.90 Å². The van der Waals surface area contributed by atoms with E-state index in [9.17, 15) is 0 Å². The van der Waals surface area contributed by atoms with E-state index in [1.165, 1.54) is 13.0 Å². The van der Waals surface area contributed by atoms with Crippen LogP contribution in [0.2, 0.25) is 0 Å². The SMILES string of the molecule is CCC(CS)CN1CC(C)OCC1C. The van der Waals surface area contributed by atoms with Gasteiger partial charge in [0.15, 0.2) is 0 Å². The van der Waals surface area contributed by atoms with Crippen LogP contribution in [0, 0.1) is 5.92 Å². The van der Waals surface area contributed by atoms with Crippen LogP contribution < -0.4 is 0 Å². The summed E-state index contributed by atoms with van der Waals surface area (Å²) in [6.45, 7) is 9.78. The van der Waals surface area contributed by atoms with Crippen molar-refractivity contribution < 1.29 is 4.74 Å². The molecule has 0 aromatic heterocycles. The van der Waals surface area contributed by atoms with Crippen LogP contribution in [0.1, 0.15) is 27.2 Å². The smallest absolute Gasteiger partial charge is 0.0674 e. The Morgan fingerprint density at radius 1 is 1.50 bits per heavy atom. The van der Waals surface area contributed by atoms with Crippen LogP contribution in [0.25, 0.3) is 0 Å². The minimum Gasteiger partial charge on any atom is -0.376 e. The van der Waals surface area contributed by atoms with Gasteiger partial charge in [-0.05, 0) is 25.5 Å². The van der Waals surface area contributed by atoms with Crippen molar-refractivity contribution in [2.75, 3.05) is 25.4 Å². The Bertz CT molecular complexity index is 161. The lowest BCUT2D eigenvalue weighted by atomic mass is 10.1. The van der Waals surface area contributed by atoms with E-state index < -0.39 is 0 Å². The molecule has 3 atom stereocenters. The number of morpholine rings is 1. The van der Waals surface area contributed by atoms with Crippen LogP contribution in [-0.4, -0.2) is 42.5 Å². The second kappa shape index (κ2) is 5.99. The van der Waals surface area contributed by atoms with Crippen LogP contribution in [0.3, 0.4) is 0 Å². The molecule has 1 saturated heterocycles. The maximum Gasteiger partial charge on any atom is 0.0674 e. The van der Waals surface area contributed by atoms with Crippen LogP contribution >= 0.6 is 12.6 Å². The zero-order chi connectivity index (χ0) is 10.6. The molecule has 1 heterocycles. The predicted molar refractivity (Wildman–Crippen MR) is 64.1 cm³/mol. The van der Waals surface area contributed by atoms with Crippen molar-refractivity contribution in [1.29, 1.82) is 0 Å². The average Bonchev–Trinajstić information content (AvgIpc) is 2.19. The zero-order valence-corrected chi connectivity index (χ0v) is 10.5. The molecule has 14 heavy (non-hydrogen) atoms. The molecule has 1 fully saturated rings. The average molecular weight is 217 g/mol. The molecule has 0 saturated carbocycles. The van der Waals surface area contributed by atoms with E-state index in [0.717, 1.165) is 24.8 Å². The molecule has 1 aliphatic rings. The molecule has 0 spiro atoms. The van der Waals surface area contributed by atoms with Gasteiger partial charge in [0, 0.05) is 19.1 Å². The standard InChI is InChI=1S/C11H23NOS/c1-4-11(8-14)6-12-5-10(3)13-7-9(12)2/h9-11,14H,4-8H2,1-3H3. The summed E-state index contributed by atoms with van der Waals surface area (Å²) in [5.74, 6) is 1.72. The Balaban J connectivity index is 2.40. The summed E-state index contributed by atoms with van der Waals surface area (Å²) in [6, 6.07) is 0.570. The first-order chi connectivity index (χ1) is 6.67. The maximum absolute atomic E-state index is 5.61. The summed E-state index contributed by atoms with van der Waals surface area (Å²) < 4.78 is 5.61. The number of thiol groups is 1. The lowest BCUT2D eigenvalue weighted by Gasteiger charge is -2.38. The Hall–Kier alpha value is 0.270. The highest BCUT2D eigenvalue weighted by Gasteiger charge is 2.24. The Morgan fingerprint density at radius 3 is 2.79 bits per heavy atom. The van der Waals surface area contributed by atoms with Gasteiger partial charge in [0.2, 0.25) is 0 Å². The normalized spacial score (nSPS) is 31.7. The second-order valence-corrected chi connectivity index (χ2v) is 4.77. The zero-order valence-electron chi connectivity index (χ0n) is 9.57. The van der Waals surface area contributed by atoms with Gasteiger partial charge in [0.1, 0.15) is 0 Å². The van der Waals surface area contributed by atoms with Gasteiger partial charge in [-0.2, -0.15) is 12.6 Å². The van der Waals surface area contributed by atoms with Crippen LogP contribution in [0.15, 0.2) is 0 Å². The van der Waals surface area contributed by atoms with E-state index in [2.05, 4.69) is 38.3 Å². The molecule has 1 rings (SSSR count). The van der Waals surface area contributed by atoms with Crippen LogP contribution in [-0.2, 0) is 4.74 Å². The summed E-state index contributed by atoms with van der Waals surface area (Å²) in [5, 5.41) is 0. The van der Waals surface area contributed by atoms with E-state index in [1.807, 2.05) is 0 Å². The van der Waals surface area contributed by atoms with Crippen molar-refractivity contribution in [2.24, 2.45) is 5.92 Å². The largest absolute Gasteiger partial charge is 0.376 e. The minimum absolute atomic E-state index is 0.392. The molecule has 0 bridgehead atoms. The molecule has 0 aromatic rings. The van der Waals surface area contributed by atoms with Gasteiger partial charge in [-0.1, -0.05) is 13.3 Å². The number of nitrogens with zero attached hydrogens (tertiary/aromatic N) is 1. The molecule has 0 amide bonds.